The molecule has 1 spiro atoms. The third-order valence-corrected chi connectivity index (χ3v) is 9.17. The van der Waals surface area contributed by atoms with Gasteiger partial charge in [-0.05, 0) is 60.7 Å². The minimum atomic E-state index is -3.71. The fourth-order valence-electron chi connectivity index (χ4n) is 5.14. The van der Waals surface area contributed by atoms with Crippen LogP contribution in [0.1, 0.15) is 24.0 Å². The van der Waals surface area contributed by atoms with Gasteiger partial charge in [-0.2, -0.15) is 4.31 Å². The number of nitrogens with one attached hydrogen (secondary N) is 1. The molecular formula is C27H27ClFN3O3S. The molecule has 1 atom stereocenters. The molecule has 0 bridgehead atoms. The number of hydrogen-bond donors (Lipinski definition) is 1. The van der Waals surface area contributed by atoms with Gasteiger partial charge in [0.1, 0.15) is 5.82 Å². The summed E-state index contributed by atoms with van der Waals surface area (Å²) in [4.78, 5) is 15.6. The van der Waals surface area contributed by atoms with Crippen molar-refractivity contribution in [2.24, 2.45) is 0 Å². The largest absolute Gasteiger partial charge is 0.319 e. The van der Waals surface area contributed by atoms with E-state index in [-0.39, 0.29) is 29.7 Å². The van der Waals surface area contributed by atoms with Gasteiger partial charge in [0.25, 0.3) is 0 Å². The van der Waals surface area contributed by atoms with E-state index in [1.807, 2.05) is 35.2 Å². The molecule has 188 valence electrons. The molecule has 3 aromatic carbocycles. The van der Waals surface area contributed by atoms with Gasteiger partial charge in [0.15, 0.2) is 0 Å². The lowest BCUT2D eigenvalue weighted by Gasteiger charge is -2.44. The van der Waals surface area contributed by atoms with Crippen molar-refractivity contribution in [3.63, 3.8) is 0 Å². The van der Waals surface area contributed by atoms with Gasteiger partial charge in [0.05, 0.1) is 16.6 Å². The topological polar surface area (TPSA) is 69.7 Å². The first-order valence-electron chi connectivity index (χ1n) is 11.9. The summed E-state index contributed by atoms with van der Waals surface area (Å²) in [6, 6.07) is 21.8. The highest BCUT2D eigenvalue weighted by molar-refractivity contribution is 7.89. The first kappa shape index (κ1) is 24.9. The Labute approximate surface area is 215 Å². The lowest BCUT2D eigenvalue weighted by atomic mass is 9.96. The molecule has 6 nitrogen and oxygen atoms in total. The Morgan fingerprint density at radius 1 is 0.944 bits per heavy atom. The van der Waals surface area contributed by atoms with Crippen LogP contribution < -0.4 is 5.32 Å². The number of rotatable bonds is 6. The normalized spacial score (nSPS) is 20.2. The van der Waals surface area contributed by atoms with Gasteiger partial charge in [0, 0.05) is 24.7 Å². The number of benzene rings is 3. The van der Waals surface area contributed by atoms with E-state index in [0.717, 1.165) is 11.1 Å². The predicted molar refractivity (Wildman–Crippen MR) is 136 cm³/mol. The van der Waals surface area contributed by atoms with Gasteiger partial charge >= 0.3 is 0 Å². The SMILES string of the molecule is O=C1C(Cc2ccccc2)NC2(CCN(S(=O)(=O)c3cccc(Cl)c3)CC2)N1Cc1ccc(F)cc1. The Balaban J connectivity index is 1.39. The lowest BCUT2D eigenvalue weighted by molar-refractivity contribution is -0.134. The molecule has 0 aromatic heterocycles. The van der Waals surface area contributed by atoms with Gasteiger partial charge in [-0.15, -0.1) is 0 Å². The van der Waals surface area contributed by atoms with Gasteiger partial charge in [-0.25, -0.2) is 12.8 Å². The molecule has 0 radical (unpaired) electrons. The summed E-state index contributed by atoms with van der Waals surface area (Å²) in [7, 11) is -3.71. The molecule has 0 aliphatic carbocycles. The Morgan fingerprint density at radius 3 is 2.31 bits per heavy atom. The van der Waals surface area contributed by atoms with Crippen LogP contribution in [-0.4, -0.2) is 48.3 Å². The summed E-state index contributed by atoms with van der Waals surface area (Å²) in [6.45, 7) is 0.832. The maximum Gasteiger partial charge on any atom is 0.243 e. The predicted octanol–water partition coefficient (Wildman–Crippen LogP) is 4.20. The quantitative estimate of drug-likeness (QED) is 0.521. The molecule has 5 rings (SSSR count). The molecule has 1 N–H and O–H groups in total. The number of halogens is 2. The lowest BCUT2D eigenvalue weighted by Crippen LogP contribution is -2.59. The highest BCUT2D eigenvalue weighted by Gasteiger charge is 2.52. The summed E-state index contributed by atoms with van der Waals surface area (Å²) in [6.07, 6.45) is 1.40. The number of amides is 1. The molecule has 1 unspecified atom stereocenters. The molecule has 36 heavy (non-hydrogen) atoms. The third kappa shape index (κ3) is 4.91. The van der Waals surface area contributed by atoms with E-state index in [1.54, 1.807) is 30.3 Å². The average Bonchev–Trinajstić information content (AvgIpc) is 3.11. The van der Waals surface area contributed by atoms with Crippen LogP contribution in [0.3, 0.4) is 0 Å². The molecule has 3 aromatic rings. The minimum absolute atomic E-state index is 0.0330. The van der Waals surface area contributed by atoms with Crippen molar-refractivity contribution in [3.8, 4) is 0 Å². The van der Waals surface area contributed by atoms with Crippen LogP contribution in [0.25, 0.3) is 0 Å². The van der Waals surface area contributed by atoms with E-state index < -0.39 is 21.7 Å². The van der Waals surface area contributed by atoms with Crippen LogP contribution in [0, 0.1) is 5.82 Å². The first-order valence-corrected chi connectivity index (χ1v) is 13.7. The van der Waals surface area contributed by atoms with Crippen molar-refractivity contribution in [1.82, 2.24) is 14.5 Å². The summed E-state index contributed by atoms with van der Waals surface area (Å²) < 4.78 is 41.4. The Kier molecular flexibility index (Phi) is 6.87. The zero-order valence-electron chi connectivity index (χ0n) is 19.6. The molecule has 9 heteroatoms. The summed E-state index contributed by atoms with van der Waals surface area (Å²) >= 11 is 6.03. The van der Waals surface area contributed by atoms with Crippen LogP contribution >= 0.6 is 11.6 Å². The van der Waals surface area contributed by atoms with Crippen molar-refractivity contribution in [3.05, 3.63) is 101 Å². The number of hydrogen-bond acceptors (Lipinski definition) is 4. The van der Waals surface area contributed by atoms with E-state index in [1.165, 1.54) is 22.5 Å². The zero-order valence-corrected chi connectivity index (χ0v) is 21.2. The summed E-state index contributed by atoms with van der Waals surface area (Å²) in [5, 5.41) is 3.93. The molecular weight excluding hydrogens is 501 g/mol. The first-order chi connectivity index (χ1) is 17.3. The van der Waals surface area contributed by atoms with E-state index in [2.05, 4.69) is 5.32 Å². The molecule has 1 amide bonds. The van der Waals surface area contributed by atoms with Crippen molar-refractivity contribution < 1.29 is 17.6 Å². The number of carbonyl (C=O) groups is 1. The molecule has 2 aliphatic rings. The van der Waals surface area contributed by atoms with Crippen LogP contribution in [0.2, 0.25) is 5.02 Å². The highest BCUT2D eigenvalue weighted by Crippen LogP contribution is 2.36. The summed E-state index contributed by atoms with van der Waals surface area (Å²) in [5.74, 6) is -0.366. The monoisotopic (exact) mass is 527 g/mol. The Bertz CT molecular complexity index is 1340. The van der Waals surface area contributed by atoms with Crippen LogP contribution in [0.5, 0.6) is 0 Å². The number of nitrogens with zero attached hydrogens (tertiary/aromatic N) is 2. The number of piperidine rings is 1. The Hall–Kier alpha value is -2.78. The van der Waals surface area contributed by atoms with Gasteiger partial charge < -0.3 is 4.90 Å². The maximum atomic E-state index is 13.6. The van der Waals surface area contributed by atoms with Crippen molar-refractivity contribution in [1.29, 1.82) is 0 Å². The fourth-order valence-corrected chi connectivity index (χ4v) is 6.88. The molecule has 2 heterocycles. The standard InChI is InChI=1S/C27H27ClFN3O3S/c28-22-7-4-8-24(18-22)36(34,35)31-15-13-27(14-16-31)30-25(17-20-5-2-1-3-6-20)26(33)32(27)19-21-9-11-23(29)12-10-21/h1-12,18,25,30H,13-17,19H2. The van der Waals surface area contributed by atoms with Crippen LogP contribution in [-0.2, 0) is 27.8 Å². The number of carbonyl (C=O) groups excluding carboxylic acids is 1. The van der Waals surface area contributed by atoms with Crippen molar-refractivity contribution in [2.75, 3.05) is 13.1 Å². The average molecular weight is 528 g/mol. The van der Waals surface area contributed by atoms with E-state index in [0.29, 0.717) is 30.8 Å². The van der Waals surface area contributed by atoms with Crippen LogP contribution in [0.4, 0.5) is 4.39 Å². The molecule has 2 fully saturated rings. The van der Waals surface area contributed by atoms with E-state index >= 15 is 0 Å². The van der Waals surface area contributed by atoms with Gasteiger partial charge in [-0.1, -0.05) is 60.1 Å². The second kappa shape index (κ2) is 9.94. The third-order valence-electron chi connectivity index (χ3n) is 7.04. The smallest absolute Gasteiger partial charge is 0.243 e. The zero-order chi connectivity index (χ0) is 25.3. The Morgan fingerprint density at radius 2 is 1.64 bits per heavy atom. The van der Waals surface area contributed by atoms with Gasteiger partial charge in [-0.3, -0.25) is 10.1 Å². The van der Waals surface area contributed by atoms with Gasteiger partial charge in [0.2, 0.25) is 15.9 Å². The maximum absolute atomic E-state index is 13.6. The fraction of sp³-hybridized carbons (Fsp3) is 0.296. The van der Waals surface area contributed by atoms with Crippen molar-refractivity contribution >= 4 is 27.5 Å². The minimum Gasteiger partial charge on any atom is -0.319 e. The highest BCUT2D eigenvalue weighted by atomic mass is 35.5. The second-order valence-electron chi connectivity index (χ2n) is 9.33. The second-order valence-corrected chi connectivity index (χ2v) is 11.7. The van der Waals surface area contributed by atoms with E-state index in [4.69, 9.17) is 11.6 Å². The molecule has 0 saturated carbocycles. The molecule has 2 saturated heterocycles. The van der Waals surface area contributed by atoms with E-state index in [9.17, 15) is 17.6 Å². The van der Waals surface area contributed by atoms with Crippen molar-refractivity contribution in [2.45, 2.75) is 42.4 Å². The van der Waals surface area contributed by atoms with Crippen LogP contribution in [0.15, 0.2) is 83.8 Å². The summed E-state index contributed by atoms with van der Waals surface area (Å²) in [5.41, 5.74) is 1.18. The number of sulfonamides is 1. The molecule has 2 aliphatic heterocycles.